The normalized spacial score (nSPS) is 20.1. The van der Waals surface area contributed by atoms with Gasteiger partial charge >= 0.3 is 0 Å². The Morgan fingerprint density at radius 1 is 1.22 bits per heavy atom. The fourth-order valence-electron chi connectivity index (χ4n) is 2.10. The number of benzene rings is 1. The van der Waals surface area contributed by atoms with Crippen LogP contribution in [0.25, 0.3) is 0 Å². The lowest BCUT2D eigenvalue weighted by molar-refractivity contribution is 0.0933. The first-order valence-corrected chi connectivity index (χ1v) is 6.20. The molecule has 1 aromatic carbocycles. The summed E-state index contributed by atoms with van der Waals surface area (Å²) in [5.41, 5.74) is 0.363. The second-order valence-corrected chi connectivity index (χ2v) is 4.55. The van der Waals surface area contributed by atoms with E-state index in [0.29, 0.717) is 5.56 Å². The minimum atomic E-state index is -0.273. The zero-order chi connectivity index (χ0) is 13.0. The smallest absolute Gasteiger partial charge is 0.251 e. The first-order valence-electron chi connectivity index (χ1n) is 6.20. The number of carbonyl (C=O) groups is 1. The number of carbonyl (C=O) groups excluding carboxylic acids is 1. The molecule has 0 spiro atoms. The maximum atomic E-state index is 12.0. The predicted octanol–water partition coefficient (Wildman–Crippen LogP) is 0.970. The van der Waals surface area contributed by atoms with Crippen molar-refractivity contribution in [1.82, 2.24) is 10.6 Å². The summed E-state index contributed by atoms with van der Waals surface area (Å²) in [6, 6.07) is 4.26. The van der Waals surface area contributed by atoms with Crippen molar-refractivity contribution in [2.24, 2.45) is 0 Å². The van der Waals surface area contributed by atoms with E-state index in [0.717, 1.165) is 32.4 Å². The number of hydrogen-bond acceptors (Lipinski definition) is 4. The molecule has 1 aromatic rings. The van der Waals surface area contributed by atoms with Crippen LogP contribution in [0.3, 0.4) is 0 Å². The second kappa shape index (κ2) is 5.73. The maximum absolute atomic E-state index is 12.0. The van der Waals surface area contributed by atoms with Crippen LogP contribution < -0.4 is 10.6 Å². The standard InChI is InChI=1S/C13H18N2O3/c16-11-4-3-9(8-12(11)17)13(18)15-10-2-1-6-14-7-5-10/h3-4,8,10,14,16-17H,1-2,5-7H2,(H,15,18). The van der Waals surface area contributed by atoms with Crippen molar-refractivity contribution in [3.05, 3.63) is 23.8 Å². The monoisotopic (exact) mass is 250 g/mol. The molecule has 1 amide bonds. The Morgan fingerprint density at radius 2 is 2.06 bits per heavy atom. The van der Waals surface area contributed by atoms with Crippen molar-refractivity contribution in [1.29, 1.82) is 0 Å². The van der Waals surface area contributed by atoms with Crippen LogP contribution >= 0.6 is 0 Å². The molecule has 4 N–H and O–H groups in total. The molecule has 18 heavy (non-hydrogen) atoms. The highest BCUT2D eigenvalue weighted by Gasteiger charge is 2.16. The molecule has 1 fully saturated rings. The number of amides is 1. The Kier molecular flexibility index (Phi) is 4.04. The lowest BCUT2D eigenvalue weighted by Crippen LogP contribution is -2.35. The lowest BCUT2D eigenvalue weighted by atomic mass is 10.1. The molecule has 5 heteroatoms. The summed E-state index contributed by atoms with van der Waals surface area (Å²) in [7, 11) is 0. The Bertz CT molecular complexity index is 426. The van der Waals surface area contributed by atoms with Crippen LogP contribution in [-0.2, 0) is 0 Å². The summed E-state index contributed by atoms with van der Waals surface area (Å²) >= 11 is 0. The molecule has 1 unspecified atom stereocenters. The lowest BCUT2D eigenvalue weighted by Gasteiger charge is -2.16. The predicted molar refractivity (Wildman–Crippen MR) is 67.7 cm³/mol. The third kappa shape index (κ3) is 3.13. The van der Waals surface area contributed by atoms with Crippen molar-refractivity contribution in [3.63, 3.8) is 0 Å². The SMILES string of the molecule is O=C(NC1CCCNCC1)c1ccc(O)c(O)c1. The van der Waals surface area contributed by atoms with Crippen LogP contribution in [0.1, 0.15) is 29.6 Å². The average Bonchev–Trinajstić information content (AvgIpc) is 2.61. The molecule has 2 rings (SSSR count). The van der Waals surface area contributed by atoms with Crippen molar-refractivity contribution in [2.45, 2.75) is 25.3 Å². The molecule has 0 aromatic heterocycles. The van der Waals surface area contributed by atoms with Gasteiger partial charge in [-0.05, 0) is 50.6 Å². The fraction of sp³-hybridized carbons (Fsp3) is 0.462. The molecule has 1 aliphatic heterocycles. The number of phenolic OH excluding ortho intramolecular Hbond substituents is 2. The van der Waals surface area contributed by atoms with Gasteiger partial charge in [0.15, 0.2) is 11.5 Å². The van der Waals surface area contributed by atoms with E-state index >= 15 is 0 Å². The summed E-state index contributed by atoms with van der Waals surface area (Å²) in [5.74, 6) is -0.701. The Balaban J connectivity index is 1.99. The molecular weight excluding hydrogens is 232 g/mol. The summed E-state index contributed by atoms with van der Waals surface area (Å²) < 4.78 is 0. The number of rotatable bonds is 2. The molecule has 0 saturated carbocycles. The van der Waals surface area contributed by atoms with Gasteiger partial charge in [0.25, 0.3) is 5.91 Å². The van der Waals surface area contributed by atoms with E-state index in [-0.39, 0.29) is 23.4 Å². The molecule has 1 atom stereocenters. The van der Waals surface area contributed by atoms with Gasteiger partial charge in [-0.2, -0.15) is 0 Å². The Morgan fingerprint density at radius 3 is 2.83 bits per heavy atom. The van der Waals surface area contributed by atoms with Gasteiger partial charge < -0.3 is 20.8 Å². The van der Waals surface area contributed by atoms with Crippen LogP contribution in [0, 0.1) is 0 Å². The van der Waals surface area contributed by atoms with Gasteiger partial charge in [-0.15, -0.1) is 0 Å². The minimum absolute atomic E-state index is 0.170. The van der Waals surface area contributed by atoms with Gasteiger partial charge in [0.05, 0.1) is 0 Å². The Labute approximate surface area is 106 Å². The van der Waals surface area contributed by atoms with Gasteiger partial charge in [-0.1, -0.05) is 0 Å². The van der Waals surface area contributed by atoms with E-state index in [4.69, 9.17) is 0 Å². The first kappa shape index (κ1) is 12.7. The fourth-order valence-corrected chi connectivity index (χ4v) is 2.10. The largest absolute Gasteiger partial charge is 0.504 e. The molecule has 0 aliphatic carbocycles. The average molecular weight is 250 g/mol. The van der Waals surface area contributed by atoms with Crippen LogP contribution in [0.15, 0.2) is 18.2 Å². The zero-order valence-corrected chi connectivity index (χ0v) is 10.1. The van der Waals surface area contributed by atoms with Crippen LogP contribution in [0.4, 0.5) is 0 Å². The summed E-state index contributed by atoms with van der Waals surface area (Å²) in [6.45, 7) is 1.90. The molecule has 5 nitrogen and oxygen atoms in total. The highest BCUT2D eigenvalue weighted by Crippen LogP contribution is 2.24. The topological polar surface area (TPSA) is 81.6 Å². The van der Waals surface area contributed by atoms with Crippen molar-refractivity contribution in [3.8, 4) is 11.5 Å². The van der Waals surface area contributed by atoms with E-state index in [2.05, 4.69) is 10.6 Å². The Hall–Kier alpha value is -1.75. The summed E-state index contributed by atoms with van der Waals surface area (Å²) in [5, 5.41) is 24.8. The molecule has 98 valence electrons. The third-order valence-corrected chi connectivity index (χ3v) is 3.15. The van der Waals surface area contributed by atoms with E-state index in [1.165, 1.54) is 18.2 Å². The van der Waals surface area contributed by atoms with Gasteiger partial charge in [-0.25, -0.2) is 0 Å². The van der Waals surface area contributed by atoms with Gasteiger partial charge in [-0.3, -0.25) is 4.79 Å². The number of nitrogens with one attached hydrogen (secondary N) is 2. The van der Waals surface area contributed by atoms with Crippen LogP contribution in [0.2, 0.25) is 0 Å². The molecular formula is C13H18N2O3. The zero-order valence-electron chi connectivity index (χ0n) is 10.1. The number of hydrogen-bond donors (Lipinski definition) is 4. The van der Waals surface area contributed by atoms with E-state index in [1.807, 2.05) is 0 Å². The third-order valence-electron chi connectivity index (χ3n) is 3.15. The highest BCUT2D eigenvalue weighted by molar-refractivity contribution is 5.95. The highest BCUT2D eigenvalue weighted by atomic mass is 16.3. The first-order chi connectivity index (χ1) is 8.66. The number of phenols is 2. The second-order valence-electron chi connectivity index (χ2n) is 4.55. The molecule has 1 aliphatic rings. The van der Waals surface area contributed by atoms with E-state index in [9.17, 15) is 15.0 Å². The molecule has 1 saturated heterocycles. The minimum Gasteiger partial charge on any atom is -0.504 e. The van der Waals surface area contributed by atoms with Crippen molar-refractivity contribution in [2.75, 3.05) is 13.1 Å². The van der Waals surface area contributed by atoms with Crippen LogP contribution in [0.5, 0.6) is 11.5 Å². The van der Waals surface area contributed by atoms with Crippen LogP contribution in [-0.4, -0.2) is 35.3 Å². The van der Waals surface area contributed by atoms with Crippen molar-refractivity contribution >= 4 is 5.91 Å². The van der Waals surface area contributed by atoms with E-state index in [1.54, 1.807) is 0 Å². The quantitative estimate of drug-likeness (QED) is 0.590. The number of aromatic hydroxyl groups is 2. The van der Waals surface area contributed by atoms with Crippen molar-refractivity contribution < 1.29 is 15.0 Å². The van der Waals surface area contributed by atoms with Gasteiger partial charge in [0.1, 0.15) is 0 Å². The maximum Gasteiger partial charge on any atom is 0.251 e. The molecule has 1 heterocycles. The molecule has 0 bridgehead atoms. The van der Waals surface area contributed by atoms with Gasteiger partial charge in [0.2, 0.25) is 0 Å². The molecule has 0 radical (unpaired) electrons. The summed E-state index contributed by atoms with van der Waals surface area (Å²) in [4.78, 5) is 12.0. The van der Waals surface area contributed by atoms with E-state index < -0.39 is 0 Å². The summed E-state index contributed by atoms with van der Waals surface area (Å²) in [6.07, 6.45) is 2.92. The van der Waals surface area contributed by atoms with Gasteiger partial charge in [0, 0.05) is 11.6 Å².